The highest BCUT2D eigenvalue weighted by Gasteiger charge is 2.25. The van der Waals surface area contributed by atoms with E-state index in [0.717, 1.165) is 17.8 Å². The second kappa shape index (κ2) is 7.23. The van der Waals surface area contributed by atoms with Crippen LogP contribution in [0, 0.1) is 5.82 Å². The van der Waals surface area contributed by atoms with Crippen molar-refractivity contribution in [3.8, 4) is 11.6 Å². The van der Waals surface area contributed by atoms with E-state index in [2.05, 4.69) is 15.2 Å². The number of benzene rings is 2. The molecular weight excluding hydrogens is 335 g/mol. The van der Waals surface area contributed by atoms with E-state index in [1.807, 2.05) is 30.3 Å². The van der Waals surface area contributed by atoms with Crippen LogP contribution >= 0.6 is 0 Å². The predicted molar refractivity (Wildman–Crippen MR) is 93.4 cm³/mol. The summed E-state index contributed by atoms with van der Waals surface area (Å²) in [7, 11) is 0. The monoisotopic (exact) mass is 354 g/mol. The topological polar surface area (TPSA) is 63.4 Å². The minimum absolute atomic E-state index is 0.0707. The molecule has 1 atom stereocenters. The molecular formula is C19H19FN4O2. The SMILES string of the molecule is Oc1nnn(-c2ccccc2)c1CN1CCO[C@@H](c2ccc(F)cc2)C1. The van der Waals surface area contributed by atoms with Crippen molar-refractivity contribution >= 4 is 0 Å². The van der Waals surface area contributed by atoms with Gasteiger partial charge in [0.05, 0.1) is 18.4 Å². The van der Waals surface area contributed by atoms with Crippen molar-refractivity contribution < 1.29 is 14.2 Å². The number of aromatic hydroxyl groups is 1. The number of para-hydroxylation sites is 1. The van der Waals surface area contributed by atoms with Crippen LogP contribution in [0.1, 0.15) is 17.4 Å². The molecule has 0 unspecified atom stereocenters. The number of morpholine rings is 1. The number of nitrogens with zero attached hydrogens (tertiary/aromatic N) is 4. The Morgan fingerprint density at radius 3 is 2.65 bits per heavy atom. The summed E-state index contributed by atoms with van der Waals surface area (Å²) in [5.41, 5.74) is 2.42. The lowest BCUT2D eigenvalue weighted by Gasteiger charge is -2.33. The van der Waals surface area contributed by atoms with Gasteiger partial charge in [-0.2, -0.15) is 0 Å². The summed E-state index contributed by atoms with van der Waals surface area (Å²) >= 11 is 0. The van der Waals surface area contributed by atoms with E-state index in [4.69, 9.17) is 4.74 Å². The molecule has 1 aliphatic rings. The Hall–Kier alpha value is -2.77. The van der Waals surface area contributed by atoms with Gasteiger partial charge in [-0.15, -0.1) is 0 Å². The van der Waals surface area contributed by atoms with Gasteiger partial charge in [0.15, 0.2) is 0 Å². The van der Waals surface area contributed by atoms with Crippen LogP contribution in [0.4, 0.5) is 4.39 Å². The van der Waals surface area contributed by atoms with Crippen LogP contribution in [0.5, 0.6) is 5.88 Å². The molecule has 6 nitrogen and oxygen atoms in total. The van der Waals surface area contributed by atoms with Gasteiger partial charge >= 0.3 is 0 Å². The number of hydrogen-bond acceptors (Lipinski definition) is 5. The van der Waals surface area contributed by atoms with E-state index < -0.39 is 0 Å². The van der Waals surface area contributed by atoms with Crippen LogP contribution in [0.2, 0.25) is 0 Å². The molecule has 4 rings (SSSR count). The minimum atomic E-state index is -0.260. The third-order valence-corrected chi connectivity index (χ3v) is 4.51. The molecule has 2 aromatic carbocycles. The van der Waals surface area contributed by atoms with Crippen molar-refractivity contribution in [3.63, 3.8) is 0 Å². The van der Waals surface area contributed by atoms with Crippen molar-refractivity contribution in [1.29, 1.82) is 0 Å². The minimum Gasteiger partial charge on any atom is -0.491 e. The second-order valence-electron chi connectivity index (χ2n) is 6.25. The first kappa shape index (κ1) is 16.7. The third-order valence-electron chi connectivity index (χ3n) is 4.51. The molecule has 1 aromatic heterocycles. The highest BCUT2D eigenvalue weighted by atomic mass is 19.1. The first-order valence-corrected chi connectivity index (χ1v) is 8.49. The van der Waals surface area contributed by atoms with Gasteiger partial charge in [-0.25, -0.2) is 9.07 Å². The van der Waals surface area contributed by atoms with Crippen LogP contribution in [-0.4, -0.2) is 44.7 Å². The summed E-state index contributed by atoms with van der Waals surface area (Å²) in [6.45, 7) is 2.44. The lowest BCUT2D eigenvalue weighted by atomic mass is 10.1. The van der Waals surface area contributed by atoms with Gasteiger partial charge in [-0.3, -0.25) is 4.90 Å². The molecule has 3 aromatic rings. The fourth-order valence-corrected chi connectivity index (χ4v) is 3.14. The molecule has 1 fully saturated rings. The quantitative estimate of drug-likeness (QED) is 0.780. The molecule has 0 bridgehead atoms. The van der Waals surface area contributed by atoms with Crippen LogP contribution in [0.15, 0.2) is 54.6 Å². The molecule has 2 heterocycles. The summed E-state index contributed by atoms with van der Waals surface area (Å²) in [5.74, 6) is -0.331. The summed E-state index contributed by atoms with van der Waals surface area (Å²) in [5, 5.41) is 18.0. The Balaban J connectivity index is 1.52. The van der Waals surface area contributed by atoms with E-state index >= 15 is 0 Å². The Labute approximate surface area is 150 Å². The molecule has 0 amide bonds. The van der Waals surface area contributed by atoms with E-state index in [-0.39, 0.29) is 17.8 Å². The average Bonchev–Trinajstić information content (AvgIpc) is 3.04. The van der Waals surface area contributed by atoms with Crippen molar-refractivity contribution in [2.24, 2.45) is 0 Å². The maximum atomic E-state index is 13.1. The highest BCUT2D eigenvalue weighted by molar-refractivity contribution is 5.34. The maximum Gasteiger partial charge on any atom is 0.256 e. The zero-order valence-corrected chi connectivity index (χ0v) is 14.1. The van der Waals surface area contributed by atoms with Crippen molar-refractivity contribution in [3.05, 3.63) is 71.7 Å². The highest BCUT2D eigenvalue weighted by Crippen LogP contribution is 2.25. The summed E-state index contributed by atoms with van der Waals surface area (Å²) in [4.78, 5) is 2.18. The Bertz CT molecular complexity index is 867. The fraction of sp³-hybridized carbons (Fsp3) is 0.263. The molecule has 0 spiro atoms. The maximum absolute atomic E-state index is 13.1. The van der Waals surface area contributed by atoms with Gasteiger partial charge in [0.25, 0.3) is 5.88 Å². The number of hydrogen-bond donors (Lipinski definition) is 1. The average molecular weight is 354 g/mol. The standard InChI is InChI=1S/C19H19FN4O2/c20-15-8-6-14(7-9-15)18-13-23(10-11-26-18)12-17-19(25)21-22-24(17)16-4-2-1-3-5-16/h1-9,18,25H,10-13H2/t18-/m1/s1. The third kappa shape index (κ3) is 3.44. The van der Waals surface area contributed by atoms with Gasteiger partial charge < -0.3 is 9.84 Å². The van der Waals surface area contributed by atoms with E-state index in [9.17, 15) is 9.50 Å². The van der Waals surface area contributed by atoms with E-state index in [1.54, 1.807) is 16.8 Å². The zero-order valence-electron chi connectivity index (χ0n) is 14.1. The number of rotatable bonds is 4. The Morgan fingerprint density at radius 1 is 1.12 bits per heavy atom. The fourth-order valence-electron chi connectivity index (χ4n) is 3.14. The van der Waals surface area contributed by atoms with Crippen LogP contribution in [0.3, 0.4) is 0 Å². The Morgan fingerprint density at radius 2 is 1.88 bits per heavy atom. The molecule has 7 heteroatoms. The van der Waals surface area contributed by atoms with Crippen molar-refractivity contribution in [1.82, 2.24) is 19.9 Å². The zero-order chi connectivity index (χ0) is 17.9. The van der Waals surface area contributed by atoms with Crippen LogP contribution < -0.4 is 0 Å². The van der Waals surface area contributed by atoms with Crippen molar-refractivity contribution in [2.45, 2.75) is 12.6 Å². The van der Waals surface area contributed by atoms with E-state index in [1.165, 1.54) is 12.1 Å². The molecule has 134 valence electrons. The number of ether oxygens (including phenoxy) is 1. The molecule has 0 aliphatic carbocycles. The first-order valence-electron chi connectivity index (χ1n) is 8.49. The number of aromatic nitrogens is 3. The largest absolute Gasteiger partial charge is 0.491 e. The molecule has 0 radical (unpaired) electrons. The Kier molecular flexibility index (Phi) is 4.64. The van der Waals surface area contributed by atoms with Gasteiger partial charge in [0.1, 0.15) is 11.5 Å². The first-order chi connectivity index (χ1) is 12.7. The van der Waals surface area contributed by atoms with Gasteiger partial charge in [-0.05, 0) is 29.8 Å². The molecule has 26 heavy (non-hydrogen) atoms. The summed E-state index contributed by atoms with van der Waals surface area (Å²) < 4.78 is 20.6. The van der Waals surface area contributed by atoms with Crippen LogP contribution in [-0.2, 0) is 11.3 Å². The molecule has 1 aliphatic heterocycles. The van der Waals surface area contributed by atoms with Crippen molar-refractivity contribution in [2.75, 3.05) is 19.7 Å². The number of halogens is 1. The lowest BCUT2D eigenvalue weighted by Crippen LogP contribution is -2.38. The smallest absolute Gasteiger partial charge is 0.256 e. The molecule has 0 saturated carbocycles. The van der Waals surface area contributed by atoms with Gasteiger partial charge in [0.2, 0.25) is 0 Å². The lowest BCUT2D eigenvalue weighted by molar-refractivity contribution is -0.0336. The second-order valence-corrected chi connectivity index (χ2v) is 6.25. The molecule has 1 saturated heterocycles. The van der Waals surface area contributed by atoms with E-state index in [0.29, 0.717) is 25.4 Å². The molecule has 1 N–H and O–H groups in total. The van der Waals surface area contributed by atoms with Gasteiger partial charge in [0, 0.05) is 19.6 Å². The normalized spacial score (nSPS) is 18.1. The summed E-state index contributed by atoms with van der Waals surface area (Å²) in [6.07, 6.45) is -0.132. The van der Waals surface area contributed by atoms with Gasteiger partial charge in [-0.1, -0.05) is 40.6 Å². The van der Waals surface area contributed by atoms with Crippen LogP contribution in [0.25, 0.3) is 5.69 Å². The predicted octanol–water partition coefficient (Wildman–Crippen LogP) is 2.69. The summed E-state index contributed by atoms with van der Waals surface area (Å²) in [6, 6.07) is 16.0.